The average Bonchev–Trinajstić information content (AvgIpc) is 2.84. The second kappa shape index (κ2) is 6.89. The van der Waals surface area contributed by atoms with Crippen molar-refractivity contribution in [3.8, 4) is 0 Å². The number of aromatic nitrogens is 1. The van der Waals surface area contributed by atoms with Crippen molar-refractivity contribution in [2.75, 3.05) is 7.05 Å². The highest BCUT2D eigenvalue weighted by molar-refractivity contribution is 7.09. The third-order valence-corrected chi connectivity index (χ3v) is 4.64. The Hall–Kier alpha value is -1.63. The van der Waals surface area contributed by atoms with Gasteiger partial charge in [-0.25, -0.2) is 9.78 Å². The van der Waals surface area contributed by atoms with E-state index in [1.165, 1.54) is 0 Å². The molecule has 2 amide bonds. The smallest absolute Gasteiger partial charge is 0.317 e. The lowest BCUT2D eigenvalue weighted by molar-refractivity contribution is -0.142. The van der Waals surface area contributed by atoms with Gasteiger partial charge in [-0.15, -0.1) is 11.3 Å². The number of carboxylic acid groups (broad SMARTS) is 1. The lowest BCUT2D eigenvalue weighted by Crippen LogP contribution is -2.44. The van der Waals surface area contributed by atoms with Gasteiger partial charge in [0.05, 0.1) is 23.2 Å². The molecule has 1 aromatic heterocycles. The standard InChI is InChI=1S/C14H21N3O3S/c1-9-15-12(8-21-9)7-17(2)14(20)16-11-5-3-10(4-6-11)13(18)19/h8,10-11H,3-7H2,1-2H3,(H,16,20)(H,18,19). The van der Waals surface area contributed by atoms with Crippen LogP contribution in [0.5, 0.6) is 0 Å². The fraction of sp³-hybridized carbons (Fsp3) is 0.643. The largest absolute Gasteiger partial charge is 0.481 e. The summed E-state index contributed by atoms with van der Waals surface area (Å²) in [7, 11) is 1.74. The first-order chi connectivity index (χ1) is 9.95. The average molecular weight is 311 g/mol. The molecule has 1 saturated carbocycles. The Kier molecular flexibility index (Phi) is 5.17. The predicted molar refractivity (Wildman–Crippen MR) is 80.2 cm³/mol. The van der Waals surface area contributed by atoms with E-state index in [1.54, 1.807) is 23.3 Å². The molecule has 0 radical (unpaired) electrons. The van der Waals surface area contributed by atoms with Crippen LogP contribution in [0.4, 0.5) is 4.79 Å². The molecule has 1 aliphatic carbocycles. The van der Waals surface area contributed by atoms with Crippen LogP contribution in [-0.4, -0.2) is 40.1 Å². The lowest BCUT2D eigenvalue weighted by atomic mass is 9.86. The Bertz CT molecular complexity index is 509. The second-order valence-electron chi connectivity index (χ2n) is 5.55. The fourth-order valence-corrected chi connectivity index (χ4v) is 3.17. The van der Waals surface area contributed by atoms with E-state index in [9.17, 15) is 9.59 Å². The summed E-state index contributed by atoms with van der Waals surface area (Å²) >= 11 is 1.57. The van der Waals surface area contributed by atoms with Crippen molar-refractivity contribution in [2.24, 2.45) is 5.92 Å². The Labute approximate surface area is 128 Å². The minimum absolute atomic E-state index is 0.0766. The molecule has 2 rings (SSSR count). The number of amides is 2. The number of aliphatic carboxylic acids is 1. The molecule has 1 heterocycles. The van der Waals surface area contributed by atoms with Gasteiger partial charge in [0, 0.05) is 18.5 Å². The Morgan fingerprint density at radius 2 is 2.10 bits per heavy atom. The van der Waals surface area contributed by atoms with Gasteiger partial charge in [-0.2, -0.15) is 0 Å². The quantitative estimate of drug-likeness (QED) is 0.893. The second-order valence-corrected chi connectivity index (χ2v) is 6.61. The molecular weight excluding hydrogens is 290 g/mol. The third-order valence-electron chi connectivity index (χ3n) is 3.82. The molecule has 1 aromatic rings. The van der Waals surface area contributed by atoms with Gasteiger partial charge in [-0.3, -0.25) is 4.79 Å². The number of carboxylic acids is 1. The van der Waals surface area contributed by atoms with E-state index < -0.39 is 5.97 Å². The zero-order chi connectivity index (χ0) is 15.4. The van der Waals surface area contributed by atoms with Gasteiger partial charge >= 0.3 is 12.0 Å². The van der Waals surface area contributed by atoms with Crippen LogP contribution in [0.2, 0.25) is 0 Å². The van der Waals surface area contributed by atoms with Crippen LogP contribution in [0.25, 0.3) is 0 Å². The van der Waals surface area contributed by atoms with Gasteiger partial charge in [0.15, 0.2) is 0 Å². The van der Waals surface area contributed by atoms with Gasteiger partial charge in [-0.05, 0) is 32.6 Å². The molecule has 0 aromatic carbocycles. The summed E-state index contributed by atoms with van der Waals surface area (Å²) in [5.74, 6) is -0.982. The molecule has 0 spiro atoms. The summed E-state index contributed by atoms with van der Waals surface area (Å²) in [6.45, 7) is 2.43. The number of hydrogen-bond donors (Lipinski definition) is 2. The van der Waals surface area contributed by atoms with Crippen molar-refractivity contribution in [3.05, 3.63) is 16.1 Å². The first kappa shape index (κ1) is 15.8. The topological polar surface area (TPSA) is 82.5 Å². The minimum atomic E-state index is -0.726. The van der Waals surface area contributed by atoms with Gasteiger partial charge in [0.2, 0.25) is 0 Å². The highest BCUT2D eigenvalue weighted by Gasteiger charge is 2.27. The van der Waals surface area contributed by atoms with E-state index >= 15 is 0 Å². The number of urea groups is 1. The van der Waals surface area contributed by atoms with Crippen LogP contribution in [0.1, 0.15) is 36.4 Å². The minimum Gasteiger partial charge on any atom is -0.481 e. The van der Waals surface area contributed by atoms with Crippen molar-refractivity contribution >= 4 is 23.3 Å². The zero-order valence-corrected chi connectivity index (χ0v) is 13.2. The maximum absolute atomic E-state index is 12.1. The SMILES string of the molecule is Cc1nc(CN(C)C(=O)NC2CCC(C(=O)O)CC2)cs1. The van der Waals surface area contributed by atoms with Crippen LogP contribution in [0, 0.1) is 12.8 Å². The number of nitrogens with zero attached hydrogens (tertiary/aromatic N) is 2. The summed E-state index contributed by atoms with van der Waals surface area (Å²) in [5.41, 5.74) is 0.893. The van der Waals surface area contributed by atoms with Gasteiger partial charge < -0.3 is 15.3 Å². The van der Waals surface area contributed by atoms with Gasteiger partial charge in [0.1, 0.15) is 0 Å². The maximum Gasteiger partial charge on any atom is 0.317 e. The number of hydrogen-bond acceptors (Lipinski definition) is 4. The highest BCUT2D eigenvalue weighted by atomic mass is 32.1. The molecule has 0 atom stereocenters. The van der Waals surface area contributed by atoms with Crippen LogP contribution < -0.4 is 5.32 Å². The van der Waals surface area contributed by atoms with Crippen molar-refractivity contribution in [3.63, 3.8) is 0 Å². The van der Waals surface area contributed by atoms with Gasteiger partial charge in [-0.1, -0.05) is 0 Å². The number of carbonyl (C=O) groups excluding carboxylic acids is 1. The van der Waals surface area contributed by atoms with Crippen molar-refractivity contribution < 1.29 is 14.7 Å². The summed E-state index contributed by atoms with van der Waals surface area (Å²) in [6.07, 6.45) is 2.73. The van der Waals surface area contributed by atoms with E-state index in [0.29, 0.717) is 19.4 Å². The predicted octanol–water partition coefficient (Wildman–Crippen LogP) is 2.24. The summed E-state index contributed by atoms with van der Waals surface area (Å²) in [4.78, 5) is 29.0. The lowest BCUT2D eigenvalue weighted by Gasteiger charge is -2.28. The summed E-state index contributed by atoms with van der Waals surface area (Å²) in [5, 5.41) is 14.9. The Morgan fingerprint density at radius 1 is 1.43 bits per heavy atom. The molecule has 6 nitrogen and oxygen atoms in total. The molecule has 0 saturated heterocycles. The molecule has 116 valence electrons. The van der Waals surface area contributed by atoms with Crippen LogP contribution in [-0.2, 0) is 11.3 Å². The molecular formula is C14H21N3O3S. The molecule has 7 heteroatoms. The first-order valence-electron chi connectivity index (χ1n) is 7.11. The van der Waals surface area contributed by atoms with Crippen molar-refractivity contribution in [2.45, 2.75) is 45.2 Å². The van der Waals surface area contributed by atoms with Crippen LogP contribution in [0.3, 0.4) is 0 Å². The molecule has 0 aliphatic heterocycles. The first-order valence-corrected chi connectivity index (χ1v) is 7.99. The number of carbonyl (C=O) groups is 2. The van der Waals surface area contributed by atoms with Crippen molar-refractivity contribution in [1.82, 2.24) is 15.2 Å². The van der Waals surface area contributed by atoms with E-state index in [0.717, 1.165) is 23.5 Å². The van der Waals surface area contributed by atoms with Crippen LogP contribution >= 0.6 is 11.3 Å². The fourth-order valence-electron chi connectivity index (χ4n) is 2.57. The Balaban J connectivity index is 1.77. The zero-order valence-electron chi connectivity index (χ0n) is 12.3. The molecule has 21 heavy (non-hydrogen) atoms. The van der Waals surface area contributed by atoms with E-state index in [4.69, 9.17) is 5.11 Å². The van der Waals surface area contributed by atoms with E-state index in [1.807, 2.05) is 12.3 Å². The molecule has 0 unspecified atom stereocenters. The Morgan fingerprint density at radius 3 is 2.62 bits per heavy atom. The van der Waals surface area contributed by atoms with E-state index in [-0.39, 0.29) is 18.0 Å². The maximum atomic E-state index is 12.1. The molecule has 1 fully saturated rings. The number of thiazole rings is 1. The summed E-state index contributed by atoms with van der Waals surface area (Å²) < 4.78 is 0. The molecule has 1 aliphatic rings. The molecule has 2 N–H and O–H groups in total. The van der Waals surface area contributed by atoms with Crippen molar-refractivity contribution in [1.29, 1.82) is 0 Å². The van der Waals surface area contributed by atoms with Crippen LogP contribution in [0.15, 0.2) is 5.38 Å². The third kappa shape index (κ3) is 4.42. The molecule has 0 bridgehead atoms. The monoisotopic (exact) mass is 311 g/mol. The summed E-state index contributed by atoms with van der Waals surface area (Å²) in [6, 6.07) is -0.0489. The number of nitrogens with one attached hydrogen (secondary N) is 1. The normalized spacial score (nSPS) is 21.8. The number of aryl methyl sites for hydroxylation is 1. The van der Waals surface area contributed by atoms with Gasteiger partial charge in [0.25, 0.3) is 0 Å². The number of rotatable bonds is 4. The van der Waals surface area contributed by atoms with E-state index in [2.05, 4.69) is 10.3 Å². The highest BCUT2D eigenvalue weighted by Crippen LogP contribution is 2.24.